The molecule has 0 radical (unpaired) electrons. The Bertz CT molecular complexity index is 2310. The molecule has 0 saturated heterocycles. The van der Waals surface area contributed by atoms with E-state index in [1.165, 1.54) is 60.2 Å². The van der Waals surface area contributed by atoms with Crippen molar-refractivity contribution < 1.29 is 0 Å². The maximum absolute atomic E-state index is 5.14. The summed E-state index contributed by atoms with van der Waals surface area (Å²) < 4.78 is 0. The number of anilines is 3. The lowest BCUT2D eigenvalue weighted by atomic mass is 9.59. The Morgan fingerprint density at radius 3 is 1.46 bits per heavy atom. The number of aromatic nitrogens is 1. The van der Waals surface area contributed by atoms with E-state index in [2.05, 4.69) is 190 Å². The molecule has 0 fully saturated rings. The van der Waals surface area contributed by atoms with Gasteiger partial charge >= 0.3 is 0 Å². The molecule has 0 unspecified atom stereocenters. The fraction of sp³-hybridized carbons (Fsp3) is 0.128. The molecule has 0 saturated carbocycles. The summed E-state index contributed by atoms with van der Waals surface area (Å²) in [5.41, 5.74) is 15.4. The molecule has 0 spiro atoms. The van der Waals surface area contributed by atoms with Crippen LogP contribution >= 0.6 is 11.8 Å². The molecule has 3 heteroatoms. The van der Waals surface area contributed by atoms with E-state index >= 15 is 0 Å². The van der Waals surface area contributed by atoms with E-state index in [9.17, 15) is 0 Å². The fourth-order valence-electron chi connectivity index (χ4n) is 8.00. The number of benzene rings is 6. The van der Waals surface area contributed by atoms with Crippen molar-refractivity contribution in [3.05, 3.63) is 180 Å². The molecule has 1 aliphatic carbocycles. The third kappa shape index (κ3) is 4.91. The van der Waals surface area contributed by atoms with Crippen LogP contribution in [0.4, 0.5) is 17.1 Å². The predicted molar refractivity (Wildman–Crippen MR) is 210 cm³/mol. The number of hydrogen-bond donors (Lipinski definition) is 0. The van der Waals surface area contributed by atoms with Crippen molar-refractivity contribution in [1.29, 1.82) is 0 Å². The van der Waals surface area contributed by atoms with Crippen molar-refractivity contribution in [2.75, 3.05) is 4.90 Å². The number of para-hydroxylation sites is 2. The van der Waals surface area contributed by atoms with E-state index in [1.807, 2.05) is 11.8 Å². The maximum Gasteiger partial charge on any atom is 0.0715 e. The lowest BCUT2D eigenvalue weighted by Gasteiger charge is -2.45. The molecule has 1 aromatic heterocycles. The zero-order valence-electron chi connectivity index (χ0n) is 28.8. The van der Waals surface area contributed by atoms with Crippen molar-refractivity contribution in [3.63, 3.8) is 0 Å². The van der Waals surface area contributed by atoms with E-state index in [1.54, 1.807) is 0 Å². The van der Waals surface area contributed by atoms with Crippen molar-refractivity contribution >= 4 is 28.8 Å². The largest absolute Gasteiger partial charge is 0.308 e. The average molecular weight is 663 g/mol. The summed E-state index contributed by atoms with van der Waals surface area (Å²) in [6.45, 7) is 9.57. The van der Waals surface area contributed by atoms with Gasteiger partial charge in [0.2, 0.25) is 0 Å². The van der Waals surface area contributed by atoms with E-state index < -0.39 is 0 Å². The van der Waals surface area contributed by atoms with Crippen LogP contribution in [0, 0.1) is 0 Å². The van der Waals surface area contributed by atoms with Crippen molar-refractivity contribution in [3.8, 4) is 33.6 Å². The molecular formula is C47H38N2S. The Hall–Kier alpha value is -5.38. The number of hydrogen-bond acceptors (Lipinski definition) is 3. The number of rotatable bonds is 4. The summed E-state index contributed by atoms with van der Waals surface area (Å²) in [4.78, 5) is 10.1. The minimum Gasteiger partial charge on any atom is -0.308 e. The van der Waals surface area contributed by atoms with Crippen LogP contribution in [0.2, 0.25) is 0 Å². The van der Waals surface area contributed by atoms with E-state index in [0.717, 1.165) is 22.5 Å². The molecule has 0 atom stereocenters. The molecule has 2 aliphatic rings. The highest BCUT2D eigenvalue weighted by Gasteiger charge is 2.42. The number of pyridine rings is 1. The molecular weight excluding hydrogens is 625 g/mol. The molecule has 9 rings (SSSR count). The average Bonchev–Trinajstić information content (AvgIpc) is 3.16. The van der Waals surface area contributed by atoms with Crippen LogP contribution < -0.4 is 4.90 Å². The molecule has 6 aromatic carbocycles. The molecule has 7 aromatic rings. The Labute approximate surface area is 299 Å². The fourth-order valence-corrected chi connectivity index (χ4v) is 9.06. The molecule has 2 heterocycles. The van der Waals surface area contributed by atoms with Crippen LogP contribution in [0.25, 0.3) is 33.6 Å². The third-order valence-electron chi connectivity index (χ3n) is 10.7. The van der Waals surface area contributed by atoms with E-state index in [0.29, 0.717) is 0 Å². The van der Waals surface area contributed by atoms with Gasteiger partial charge in [0.1, 0.15) is 0 Å². The van der Waals surface area contributed by atoms with Gasteiger partial charge in [0, 0.05) is 37.4 Å². The SMILES string of the molecule is CC1(C)c2ccc(N3c4ccccc4Sc4ccccc43)cc2C(C)(C)c2ccc(-c3cc(-c4ccccc4)nc(-c4ccccc4)c3)cc21. The van der Waals surface area contributed by atoms with Gasteiger partial charge in [-0.15, -0.1) is 0 Å². The van der Waals surface area contributed by atoms with Crippen molar-refractivity contribution in [1.82, 2.24) is 4.98 Å². The first-order valence-electron chi connectivity index (χ1n) is 17.4. The highest BCUT2D eigenvalue weighted by molar-refractivity contribution is 7.99. The first-order valence-corrected chi connectivity index (χ1v) is 18.2. The Balaban J connectivity index is 1.17. The van der Waals surface area contributed by atoms with Crippen molar-refractivity contribution in [2.24, 2.45) is 0 Å². The third-order valence-corrected chi connectivity index (χ3v) is 11.8. The summed E-state index contributed by atoms with van der Waals surface area (Å²) in [5.74, 6) is 0. The molecule has 1 aliphatic heterocycles. The van der Waals surface area contributed by atoms with Crippen LogP contribution in [0.5, 0.6) is 0 Å². The second-order valence-corrected chi connectivity index (χ2v) is 15.6. The van der Waals surface area contributed by atoms with Gasteiger partial charge < -0.3 is 4.90 Å². The first-order chi connectivity index (χ1) is 24.3. The van der Waals surface area contributed by atoms with Gasteiger partial charge in [0.05, 0.1) is 22.8 Å². The minimum atomic E-state index is -0.195. The molecule has 2 nitrogen and oxygen atoms in total. The normalized spacial score (nSPS) is 15.0. The van der Waals surface area contributed by atoms with E-state index in [-0.39, 0.29) is 10.8 Å². The van der Waals surface area contributed by atoms with Crippen LogP contribution in [-0.4, -0.2) is 4.98 Å². The summed E-state index contributed by atoms with van der Waals surface area (Å²) in [5, 5.41) is 0. The second kappa shape index (κ2) is 11.6. The van der Waals surface area contributed by atoms with Gasteiger partial charge in [-0.05, 0) is 88.0 Å². The summed E-state index contributed by atoms with van der Waals surface area (Å²) >= 11 is 1.85. The van der Waals surface area contributed by atoms with Gasteiger partial charge in [0.25, 0.3) is 0 Å². The quantitative estimate of drug-likeness (QED) is 0.187. The number of fused-ring (bicyclic) bond motifs is 4. The zero-order chi connectivity index (χ0) is 34.0. The molecule has 0 N–H and O–H groups in total. The van der Waals surface area contributed by atoms with Crippen LogP contribution in [0.3, 0.4) is 0 Å². The highest BCUT2D eigenvalue weighted by Crippen LogP contribution is 2.55. The van der Waals surface area contributed by atoms with Crippen LogP contribution in [0.15, 0.2) is 168 Å². The van der Waals surface area contributed by atoms with Crippen LogP contribution in [-0.2, 0) is 10.8 Å². The van der Waals surface area contributed by atoms with Gasteiger partial charge in [-0.2, -0.15) is 0 Å². The summed E-state index contributed by atoms with van der Waals surface area (Å²) in [6.07, 6.45) is 0. The standard InChI is InChI=1S/C47H38N2S/c1-46(2)37-26-24-35(49-42-19-11-13-21-44(42)50-45-22-14-12-20-43(45)49)30-39(37)47(3,4)36-25-23-33(27-38(36)46)34-28-40(31-15-7-5-8-16-31)48-41(29-34)32-17-9-6-10-18-32/h5-30H,1-4H3. The van der Waals surface area contributed by atoms with Gasteiger partial charge in [-0.25, -0.2) is 4.98 Å². The highest BCUT2D eigenvalue weighted by atomic mass is 32.2. The Kier molecular flexibility index (Phi) is 7.12. The zero-order valence-corrected chi connectivity index (χ0v) is 29.6. The van der Waals surface area contributed by atoms with Crippen LogP contribution in [0.1, 0.15) is 49.9 Å². The number of nitrogens with zero attached hydrogens (tertiary/aromatic N) is 2. The van der Waals surface area contributed by atoms with Gasteiger partial charge in [-0.3, -0.25) is 0 Å². The topological polar surface area (TPSA) is 16.1 Å². The Morgan fingerprint density at radius 2 is 0.900 bits per heavy atom. The second-order valence-electron chi connectivity index (χ2n) is 14.5. The van der Waals surface area contributed by atoms with Gasteiger partial charge in [0.15, 0.2) is 0 Å². The molecule has 50 heavy (non-hydrogen) atoms. The monoisotopic (exact) mass is 662 g/mol. The Morgan fingerprint density at radius 1 is 0.420 bits per heavy atom. The van der Waals surface area contributed by atoms with E-state index in [4.69, 9.17) is 4.98 Å². The lowest BCUT2D eigenvalue weighted by Crippen LogP contribution is -2.36. The molecule has 0 amide bonds. The smallest absolute Gasteiger partial charge is 0.0715 e. The molecule has 242 valence electrons. The lowest BCUT2D eigenvalue weighted by molar-refractivity contribution is 0.521. The minimum absolute atomic E-state index is 0.194. The maximum atomic E-state index is 5.14. The summed E-state index contributed by atoms with van der Waals surface area (Å²) in [6, 6.07) is 57.4. The summed E-state index contributed by atoms with van der Waals surface area (Å²) in [7, 11) is 0. The van der Waals surface area contributed by atoms with Crippen molar-refractivity contribution in [2.45, 2.75) is 48.3 Å². The molecule has 0 bridgehead atoms. The first kappa shape index (κ1) is 30.7. The van der Waals surface area contributed by atoms with Gasteiger partial charge in [-0.1, -0.05) is 143 Å². The predicted octanol–water partition coefficient (Wildman–Crippen LogP) is 13.0.